The molecule has 0 radical (unpaired) electrons. The second kappa shape index (κ2) is 6.10. The quantitative estimate of drug-likeness (QED) is 0.865. The molecule has 0 N–H and O–H groups in total. The van der Waals surface area contributed by atoms with Crippen molar-refractivity contribution >= 4 is 5.91 Å². The van der Waals surface area contributed by atoms with Crippen LogP contribution < -0.4 is 0 Å². The second-order valence-corrected chi connectivity index (χ2v) is 5.37. The molecule has 2 aromatic rings. The number of nitrogens with zero attached hydrogens (tertiary/aromatic N) is 3. The van der Waals surface area contributed by atoms with Crippen molar-refractivity contribution in [3.8, 4) is 0 Å². The smallest absolute Gasteiger partial charge is 0.253 e. The molecular weight excluding hydrogens is 266 g/mol. The van der Waals surface area contributed by atoms with E-state index in [1.54, 1.807) is 0 Å². The molecular formula is C16H19N3O2. The van der Waals surface area contributed by atoms with Crippen molar-refractivity contribution in [1.29, 1.82) is 0 Å². The van der Waals surface area contributed by atoms with Crippen LogP contribution >= 0.6 is 0 Å². The molecule has 0 aliphatic carbocycles. The molecule has 1 aliphatic rings. The predicted octanol–water partition coefficient (Wildman–Crippen LogP) is 1.94. The average molecular weight is 285 g/mol. The summed E-state index contributed by atoms with van der Waals surface area (Å²) in [7, 11) is 0. The largest absolute Gasteiger partial charge is 0.360 e. The van der Waals surface area contributed by atoms with E-state index in [9.17, 15) is 4.79 Å². The van der Waals surface area contributed by atoms with Crippen LogP contribution in [0.3, 0.4) is 0 Å². The molecule has 1 aromatic carbocycles. The van der Waals surface area contributed by atoms with Gasteiger partial charge in [-0.15, -0.1) is 0 Å². The van der Waals surface area contributed by atoms with Gasteiger partial charge in [0.05, 0.1) is 12.2 Å². The lowest BCUT2D eigenvalue weighted by Crippen LogP contribution is -2.48. The third-order valence-corrected chi connectivity index (χ3v) is 3.74. The van der Waals surface area contributed by atoms with Gasteiger partial charge in [0.1, 0.15) is 0 Å². The van der Waals surface area contributed by atoms with Crippen LogP contribution in [0.1, 0.15) is 21.8 Å². The third kappa shape index (κ3) is 3.31. The fraction of sp³-hybridized carbons (Fsp3) is 0.375. The molecule has 0 spiro atoms. The lowest BCUT2D eigenvalue weighted by molar-refractivity contribution is 0.0617. The van der Waals surface area contributed by atoms with Crippen LogP contribution in [0.5, 0.6) is 0 Å². The second-order valence-electron chi connectivity index (χ2n) is 5.37. The van der Waals surface area contributed by atoms with Gasteiger partial charge < -0.3 is 9.42 Å². The summed E-state index contributed by atoms with van der Waals surface area (Å²) in [5.41, 5.74) is 1.67. The number of hydrogen-bond donors (Lipinski definition) is 0. The summed E-state index contributed by atoms with van der Waals surface area (Å²) in [4.78, 5) is 16.5. The molecule has 5 nitrogen and oxygen atoms in total. The summed E-state index contributed by atoms with van der Waals surface area (Å²) in [6, 6.07) is 11.4. The molecule has 1 fully saturated rings. The Morgan fingerprint density at radius 3 is 2.52 bits per heavy atom. The van der Waals surface area contributed by atoms with E-state index in [0.717, 1.165) is 49.7 Å². The van der Waals surface area contributed by atoms with Gasteiger partial charge in [0.15, 0.2) is 5.76 Å². The number of piperazine rings is 1. The Morgan fingerprint density at radius 2 is 1.90 bits per heavy atom. The lowest BCUT2D eigenvalue weighted by Gasteiger charge is -2.34. The maximum Gasteiger partial charge on any atom is 0.253 e. The van der Waals surface area contributed by atoms with Gasteiger partial charge in [-0.3, -0.25) is 9.69 Å². The summed E-state index contributed by atoms with van der Waals surface area (Å²) in [6.45, 7) is 5.90. The molecule has 3 rings (SSSR count). The zero-order valence-electron chi connectivity index (χ0n) is 12.2. The number of hydrogen-bond acceptors (Lipinski definition) is 4. The number of carbonyl (C=O) groups is 1. The van der Waals surface area contributed by atoms with Gasteiger partial charge in [0.25, 0.3) is 5.91 Å². The summed E-state index contributed by atoms with van der Waals surface area (Å²) in [5.74, 6) is 1.00. The predicted molar refractivity (Wildman–Crippen MR) is 78.9 cm³/mol. The minimum atomic E-state index is 0.116. The van der Waals surface area contributed by atoms with Gasteiger partial charge in [0, 0.05) is 37.8 Å². The number of aromatic nitrogens is 1. The van der Waals surface area contributed by atoms with Crippen molar-refractivity contribution in [2.75, 3.05) is 26.2 Å². The number of aryl methyl sites for hydroxylation is 1. The first-order chi connectivity index (χ1) is 10.2. The van der Waals surface area contributed by atoms with E-state index in [1.165, 1.54) is 0 Å². The maximum absolute atomic E-state index is 12.3. The number of carbonyl (C=O) groups excluding carboxylic acids is 1. The van der Waals surface area contributed by atoms with E-state index >= 15 is 0 Å². The summed E-state index contributed by atoms with van der Waals surface area (Å²) < 4.78 is 5.24. The van der Waals surface area contributed by atoms with Crippen LogP contribution in [-0.4, -0.2) is 47.0 Å². The number of benzene rings is 1. The molecule has 1 saturated heterocycles. The molecule has 1 aromatic heterocycles. The van der Waals surface area contributed by atoms with E-state index in [4.69, 9.17) is 4.52 Å². The van der Waals surface area contributed by atoms with Crippen molar-refractivity contribution in [3.05, 3.63) is 53.4 Å². The number of amides is 1. The number of rotatable bonds is 3. The van der Waals surface area contributed by atoms with Gasteiger partial charge in [-0.25, -0.2) is 0 Å². The molecule has 0 unspecified atom stereocenters. The normalized spacial score (nSPS) is 16.1. The van der Waals surface area contributed by atoms with E-state index < -0.39 is 0 Å². The van der Waals surface area contributed by atoms with Crippen LogP contribution in [-0.2, 0) is 6.54 Å². The van der Waals surface area contributed by atoms with Crippen molar-refractivity contribution in [2.45, 2.75) is 13.5 Å². The third-order valence-electron chi connectivity index (χ3n) is 3.74. The SMILES string of the molecule is Cc1cc(CN2CCN(C(=O)c3ccccc3)CC2)on1. The van der Waals surface area contributed by atoms with Crippen LogP contribution in [0, 0.1) is 6.92 Å². The van der Waals surface area contributed by atoms with Gasteiger partial charge in [-0.1, -0.05) is 23.4 Å². The Kier molecular flexibility index (Phi) is 4.01. The first kappa shape index (κ1) is 13.8. The minimum absolute atomic E-state index is 0.116. The Morgan fingerprint density at radius 1 is 1.19 bits per heavy atom. The highest BCUT2D eigenvalue weighted by Crippen LogP contribution is 2.12. The Bertz CT molecular complexity index is 601. The van der Waals surface area contributed by atoms with Crippen molar-refractivity contribution < 1.29 is 9.32 Å². The maximum atomic E-state index is 12.3. The van der Waals surface area contributed by atoms with Gasteiger partial charge in [0.2, 0.25) is 0 Å². The Balaban J connectivity index is 1.54. The molecule has 2 heterocycles. The zero-order valence-corrected chi connectivity index (χ0v) is 12.2. The summed E-state index contributed by atoms with van der Waals surface area (Å²) >= 11 is 0. The molecule has 1 aliphatic heterocycles. The first-order valence-electron chi connectivity index (χ1n) is 7.21. The van der Waals surface area contributed by atoms with Crippen LogP contribution in [0.4, 0.5) is 0 Å². The minimum Gasteiger partial charge on any atom is -0.360 e. The summed E-state index contributed by atoms with van der Waals surface area (Å²) in [5, 5.41) is 3.90. The fourth-order valence-electron chi connectivity index (χ4n) is 2.58. The molecule has 21 heavy (non-hydrogen) atoms. The van der Waals surface area contributed by atoms with Crippen LogP contribution in [0.15, 0.2) is 40.9 Å². The highest BCUT2D eigenvalue weighted by atomic mass is 16.5. The first-order valence-corrected chi connectivity index (χ1v) is 7.21. The van der Waals surface area contributed by atoms with Crippen molar-refractivity contribution in [3.63, 3.8) is 0 Å². The van der Waals surface area contributed by atoms with E-state index in [1.807, 2.05) is 48.2 Å². The zero-order chi connectivity index (χ0) is 14.7. The van der Waals surface area contributed by atoms with E-state index in [0.29, 0.717) is 0 Å². The van der Waals surface area contributed by atoms with Crippen LogP contribution in [0.2, 0.25) is 0 Å². The molecule has 0 saturated carbocycles. The van der Waals surface area contributed by atoms with E-state index in [2.05, 4.69) is 10.1 Å². The van der Waals surface area contributed by atoms with Crippen molar-refractivity contribution in [1.82, 2.24) is 15.0 Å². The molecule has 0 atom stereocenters. The monoisotopic (exact) mass is 285 g/mol. The molecule has 1 amide bonds. The summed E-state index contributed by atoms with van der Waals surface area (Å²) in [6.07, 6.45) is 0. The molecule has 0 bridgehead atoms. The fourth-order valence-corrected chi connectivity index (χ4v) is 2.58. The lowest BCUT2D eigenvalue weighted by atomic mass is 10.2. The van der Waals surface area contributed by atoms with E-state index in [-0.39, 0.29) is 5.91 Å². The van der Waals surface area contributed by atoms with Crippen molar-refractivity contribution in [2.24, 2.45) is 0 Å². The van der Waals surface area contributed by atoms with Gasteiger partial charge in [-0.05, 0) is 19.1 Å². The highest BCUT2D eigenvalue weighted by molar-refractivity contribution is 5.94. The Hall–Kier alpha value is -2.14. The Labute approximate surface area is 124 Å². The van der Waals surface area contributed by atoms with Gasteiger partial charge in [-0.2, -0.15) is 0 Å². The average Bonchev–Trinajstić information content (AvgIpc) is 2.93. The molecule has 110 valence electrons. The topological polar surface area (TPSA) is 49.6 Å². The standard InChI is InChI=1S/C16H19N3O2/c1-13-11-15(21-17-13)12-18-7-9-19(10-8-18)16(20)14-5-3-2-4-6-14/h2-6,11H,7-10,12H2,1H3. The van der Waals surface area contributed by atoms with Gasteiger partial charge >= 0.3 is 0 Å². The van der Waals surface area contributed by atoms with Crippen LogP contribution in [0.25, 0.3) is 0 Å². The highest BCUT2D eigenvalue weighted by Gasteiger charge is 2.22. The molecule has 5 heteroatoms.